The van der Waals surface area contributed by atoms with Gasteiger partial charge in [0, 0.05) is 6.42 Å². The van der Waals surface area contributed by atoms with Crippen LogP contribution in [0.5, 0.6) is 0 Å². The molecule has 142 valence electrons. The summed E-state index contributed by atoms with van der Waals surface area (Å²) in [5.41, 5.74) is 0. The number of hydrogen-bond donors (Lipinski definition) is 0. The Morgan fingerprint density at radius 2 is 1.58 bits per heavy atom. The van der Waals surface area contributed by atoms with Crippen LogP contribution in [-0.2, 0) is 9.53 Å². The summed E-state index contributed by atoms with van der Waals surface area (Å²) in [7, 11) is 0. The molecule has 0 heterocycles. The number of ether oxygens (including phenoxy) is 1. The monoisotopic (exact) mass is 338 g/mol. The fourth-order valence-electron chi connectivity index (χ4n) is 2.71. The summed E-state index contributed by atoms with van der Waals surface area (Å²) in [6.45, 7) is 9.29. The minimum absolute atomic E-state index is 0.0282. The zero-order valence-electron chi connectivity index (χ0n) is 16.8. The molecule has 0 amide bonds. The van der Waals surface area contributed by atoms with Gasteiger partial charge in [-0.15, -0.1) is 0 Å². The molecule has 0 aliphatic carbocycles. The molecule has 0 rings (SSSR count). The van der Waals surface area contributed by atoms with E-state index in [0.717, 1.165) is 18.8 Å². The fraction of sp³-hybridized carbons (Fsp3) is 0.864. The molecule has 0 aromatic heterocycles. The van der Waals surface area contributed by atoms with Crippen LogP contribution in [0.4, 0.5) is 0 Å². The lowest BCUT2D eigenvalue weighted by Gasteiger charge is -2.07. The minimum Gasteiger partial charge on any atom is -0.465 e. The van der Waals surface area contributed by atoms with Crippen LogP contribution in [0.15, 0.2) is 12.2 Å². The molecule has 0 saturated heterocycles. The van der Waals surface area contributed by atoms with Gasteiger partial charge >= 0.3 is 5.97 Å². The molecule has 0 spiro atoms. The van der Waals surface area contributed by atoms with Crippen molar-refractivity contribution in [2.45, 2.75) is 105 Å². The third-order valence-electron chi connectivity index (χ3n) is 4.31. The van der Waals surface area contributed by atoms with E-state index in [1.165, 1.54) is 57.8 Å². The largest absolute Gasteiger partial charge is 0.465 e. The molecule has 0 aromatic rings. The zero-order valence-corrected chi connectivity index (χ0v) is 16.8. The Bertz CT molecular complexity index is 307. The summed E-state index contributed by atoms with van der Waals surface area (Å²) in [6.07, 6.45) is 19.3. The van der Waals surface area contributed by atoms with Crippen LogP contribution in [0.1, 0.15) is 105 Å². The summed E-state index contributed by atoms with van der Waals surface area (Å²) in [6, 6.07) is 0. The number of hydrogen-bond acceptors (Lipinski definition) is 2. The van der Waals surface area contributed by atoms with Crippen LogP contribution >= 0.6 is 0 Å². The first-order valence-electron chi connectivity index (χ1n) is 10.4. The van der Waals surface area contributed by atoms with Gasteiger partial charge < -0.3 is 4.74 Å². The number of carbonyl (C=O) groups is 1. The van der Waals surface area contributed by atoms with Crippen LogP contribution in [-0.4, -0.2) is 12.6 Å². The van der Waals surface area contributed by atoms with Crippen molar-refractivity contribution in [3.63, 3.8) is 0 Å². The van der Waals surface area contributed by atoms with Crippen molar-refractivity contribution in [1.29, 1.82) is 0 Å². The van der Waals surface area contributed by atoms with Crippen LogP contribution in [0, 0.1) is 11.8 Å². The number of carbonyl (C=O) groups excluding carboxylic acids is 1. The van der Waals surface area contributed by atoms with Crippen molar-refractivity contribution in [2.75, 3.05) is 6.61 Å². The maximum Gasteiger partial charge on any atom is 0.305 e. The Balaban J connectivity index is 3.35. The molecule has 0 aliphatic heterocycles. The van der Waals surface area contributed by atoms with Gasteiger partial charge in [0.15, 0.2) is 0 Å². The van der Waals surface area contributed by atoms with Gasteiger partial charge in [0.05, 0.1) is 6.61 Å². The molecule has 0 radical (unpaired) electrons. The first-order valence-corrected chi connectivity index (χ1v) is 10.4. The van der Waals surface area contributed by atoms with Crippen LogP contribution < -0.4 is 0 Å². The average Bonchev–Trinajstić information content (AvgIpc) is 2.55. The molecule has 24 heavy (non-hydrogen) atoms. The molecule has 0 aromatic carbocycles. The highest BCUT2D eigenvalue weighted by molar-refractivity contribution is 5.69. The second-order valence-electron chi connectivity index (χ2n) is 7.64. The Morgan fingerprint density at radius 1 is 0.917 bits per heavy atom. The molecule has 0 N–H and O–H groups in total. The van der Waals surface area contributed by atoms with Crippen molar-refractivity contribution in [2.24, 2.45) is 11.8 Å². The van der Waals surface area contributed by atoms with E-state index in [0.29, 0.717) is 18.9 Å². The van der Waals surface area contributed by atoms with Crippen LogP contribution in [0.25, 0.3) is 0 Å². The predicted octanol–water partition coefficient (Wildman–Crippen LogP) is 7.08. The highest BCUT2D eigenvalue weighted by atomic mass is 16.5. The Hall–Kier alpha value is -0.790. The number of unbranched alkanes of at least 4 members (excludes halogenated alkanes) is 8. The van der Waals surface area contributed by atoms with Gasteiger partial charge in [0.2, 0.25) is 0 Å². The minimum atomic E-state index is -0.0282. The molecule has 1 atom stereocenters. The second kappa shape index (κ2) is 17.0. The SMILES string of the molecule is CCCCCCC(C)/C=C/CCCCCCCC(=O)OCC(C)C. The third-order valence-corrected chi connectivity index (χ3v) is 4.31. The van der Waals surface area contributed by atoms with E-state index in [-0.39, 0.29) is 5.97 Å². The highest BCUT2D eigenvalue weighted by Crippen LogP contribution is 2.13. The maximum absolute atomic E-state index is 11.5. The highest BCUT2D eigenvalue weighted by Gasteiger charge is 2.03. The quantitative estimate of drug-likeness (QED) is 0.171. The molecule has 2 nitrogen and oxygen atoms in total. The van der Waals surface area contributed by atoms with E-state index in [1.54, 1.807) is 0 Å². The summed E-state index contributed by atoms with van der Waals surface area (Å²) >= 11 is 0. The van der Waals surface area contributed by atoms with Crippen molar-refractivity contribution in [1.82, 2.24) is 0 Å². The standard InChI is InChI=1S/C22H42O2/c1-5-6-7-13-16-21(4)17-14-11-9-8-10-12-15-18-22(23)24-19-20(2)3/h14,17,20-21H,5-13,15-16,18-19H2,1-4H3/b17-14+. The number of allylic oxidation sites excluding steroid dienone is 2. The van der Waals surface area contributed by atoms with Gasteiger partial charge in [-0.1, -0.05) is 84.8 Å². The lowest BCUT2D eigenvalue weighted by molar-refractivity contribution is -0.144. The van der Waals surface area contributed by atoms with Crippen molar-refractivity contribution in [3.8, 4) is 0 Å². The summed E-state index contributed by atoms with van der Waals surface area (Å²) in [5.74, 6) is 1.14. The molecule has 1 unspecified atom stereocenters. The van der Waals surface area contributed by atoms with Crippen LogP contribution in [0.3, 0.4) is 0 Å². The van der Waals surface area contributed by atoms with E-state index in [1.807, 2.05) is 0 Å². The molecule has 0 bridgehead atoms. The van der Waals surface area contributed by atoms with E-state index in [4.69, 9.17) is 4.74 Å². The number of esters is 1. The van der Waals surface area contributed by atoms with Gasteiger partial charge in [-0.2, -0.15) is 0 Å². The van der Waals surface area contributed by atoms with Crippen molar-refractivity contribution in [3.05, 3.63) is 12.2 Å². The van der Waals surface area contributed by atoms with Gasteiger partial charge in [-0.25, -0.2) is 0 Å². The molecule has 2 heteroatoms. The van der Waals surface area contributed by atoms with Gasteiger partial charge in [-0.05, 0) is 37.5 Å². The predicted molar refractivity (Wildman–Crippen MR) is 105 cm³/mol. The summed E-state index contributed by atoms with van der Waals surface area (Å²) in [4.78, 5) is 11.5. The Labute approximate surface area is 151 Å². The Morgan fingerprint density at radius 3 is 2.29 bits per heavy atom. The van der Waals surface area contributed by atoms with Gasteiger partial charge in [0.25, 0.3) is 0 Å². The van der Waals surface area contributed by atoms with E-state index in [9.17, 15) is 4.79 Å². The lowest BCUT2D eigenvalue weighted by Crippen LogP contribution is -2.09. The fourth-order valence-corrected chi connectivity index (χ4v) is 2.71. The maximum atomic E-state index is 11.5. The smallest absolute Gasteiger partial charge is 0.305 e. The normalized spacial score (nSPS) is 12.9. The van der Waals surface area contributed by atoms with Crippen molar-refractivity contribution >= 4 is 5.97 Å². The van der Waals surface area contributed by atoms with Crippen molar-refractivity contribution < 1.29 is 9.53 Å². The molecular formula is C22H42O2. The Kier molecular flexibility index (Phi) is 16.5. The van der Waals surface area contributed by atoms with Gasteiger partial charge in [-0.3, -0.25) is 4.79 Å². The van der Waals surface area contributed by atoms with Crippen LogP contribution in [0.2, 0.25) is 0 Å². The summed E-state index contributed by atoms with van der Waals surface area (Å²) in [5, 5.41) is 0. The number of rotatable bonds is 16. The third kappa shape index (κ3) is 17.6. The molecule has 0 fully saturated rings. The average molecular weight is 339 g/mol. The molecule has 0 saturated carbocycles. The van der Waals surface area contributed by atoms with E-state index in [2.05, 4.69) is 39.8 Å². The first kappa shape index (κ1) is 23.2. The first-order chi connectivity index (χ1) is 11.6. The second-order valence-corrected chi connectivity index (χ2v) is 7.64. The molecule has 0 aliphatic rings. The molecular weight excluding hydrogens is 296 g/mol. The van der Waals surface area contributed by atoms with Gasteiger partial charge in [0.1, 0.15) is 0 Å². The van der Waals surface area contributed by atoms with E-state index >= 15 is 0 Å². The zero-order chi connectivity index (χ0) is 18.0. The van der Waals surface area contributed by atoms with E-state index < -0.39 is 0 Å². The topological polar surface area (TPSA) is 26.3 Å². The summed E-state index contributed by atoms with van der Waals surface area (Å²) < 4.78 is 5.18. The lowest BCUT2D eigenvalue weighted by atomic mass is 10.0.